The van der Waals surface area contributed by atoms with E-state index in [9.17, 15) is 9.59 Å². The van der Waals surface area contributed by atoms with Crippen LogP contribution in [0.25, 0.3) is 22.4 Å². The molecular formula is C19H20N4O5. The first kappa shape index (κ1) is 18.0. The minimum atomic E-state index is -0.403. The zero-order chi connectivity index (χ0) is 20.0. The predicted molar refractivity (Wildman–Crippen MR) is 98.9 cm³/mol. The maximum atomic E-state index is 13.0. The van der Waals surface area contributed by atoms with E-state index in [1.54, 1.807) is 13.0 Å². The molecule has 3 aromatic rings. The first-order valence-corrected chi connectivity index (χ1v) is 8.85. The molecule has 0 aromatic carbocycles. The van der Waals surface area contributed by atoms with Gasteiger partial charge >= 0.3 is 6.09 Å². The standard InChI is InChI=1S/C19H20N4O5/c1-9-5-13(11(3)27-9)15-6-14(16-10(2)22-28-18(16)21-15)17(24)20-12-7-23(8-12)19(25)26-4/h5-6,12H,7-8H2,1-4H3,(H,20,24). The van der Waals surface area contributed by atoms with Crippen LogP contribution >= 0.6 is 0 Å². The normalized spacial score (nSPS) is 14.2. The van der Waals surface area contributed by atoms with E-state index >= 15 is 0 Å². The Hall–Kier alpha value is -3.36. The highest BCUT2D eigenvalue weighted by molar-refractivity contribution is 6.07. The molecule has 4 rings (SSSR count). The van der Waals surface area contributed by atoms with E-state index < -0.39 is 6.09 Å². The Bertz CT molecular complexity index is 1080. The van der Waals surface area contributed by atoms with E-state index in [1.807, 2.05) is 19.9 Å². The minimum absolute atomic E-state index is 0.142. The summed E-state index contributed by atoms with van der Waals surface area (Å²) < 4.78 is 15.6. The van der Waals surface area contributed by atoms with Crippen LogP contribution in [0, 0.1) is 20.8 Å². The highest BCUT2D eigenvalue weighted by Gasteiger charge is 2.33. The third-order valence-corrected chi connectivity index (χ3v) is 4.83. The van der Waals surface area contributed by atoms with Crippen molar-refractivity contribution in [3.8, 4) is 11.3 Å². The van der Waals surface area contributed by atoms with Crippen molar-refractivity contribution in [1.82, 2.24) is 20.4 Å². The van der Waals surface area contributed by atoms with Crippen molar-refractivity contribution in [2.24, 2.45) is 0 Å². The van der Waals surface area contributed by atoms with E-state index in [-0.39, 0.29) is 11.9 Å². The van der Waals surface area contributed by atoms with E-state index in [4.69, 9.17) is 8.94 Å². The molecule has 9 nitrogen and oxygen atoms in total. The summed E-state index contributed by atoms with van der Waals surface area (Å²) in [6.07, 6.45) is -0.403. The van der Waals surface area contributed by atoms with Crippen LogP contribution in [0.15, 0.2) is 21.1 Å². The third-order valence-electron chi connectivity index (χ3n) is 4.83. The second-order valence-corrected chi connectivity index (χ2v) is 6.88. The lowest BCUT2D eigenvalue weighted by atomic mass is 10.0. The lowest BCUT2D eigenvalue weighted by Gasteiger charge is -2.38. The van der Waals surface area contributed by atoms with Gasteiger partial charge in [-0.1, -0.05) is 5.16 Å². The molecule has 4 heterocycles. The Labute approximate surface area is 160 Å². The Morgan fingerprint density at radius 1 is 1.25 bits per heavy atom. The van der Waals surface area contributed by atoms with Crippen LogP contribution in [-0.4, -0.2) is 53.3 Å². The van der Waals surface area contributed by atoms with Gasteiger partial charge in [0, 0.05) is 18.7 Å². The maximum absolute atomic E-state index is 13.0. The van der Waals surface area contributed by atoms with Crippen LogP contribution in [0.1, 0.15) is 27.6 Å². The van der Waals surface area contributed by atoms with Gasteiger partial charge in [0.15, 0.2) is 0 Å². The van der Waals surface area contributed by atoms with Gasteiger partial charge in [0.2, 0.25) is 0 Å². The monoisotopic (exact) mass is 384 g/mol. The molecule has 0 bridgehead atoms. The average Bonchev–Trinajstić information content (AvgIpc) is 3.18. The molecule has 0 radical (unpaired) electrons. The number of furan rings is 1. The van der Waals surface area contributed by atoms with Crippen molar-refractivity contribution in [3.63, 3.8) is 0 Å². The first-order chi connectivity index (χ1) is 13.4. The largest absolute Gasteiger partial charge is 0.466 e. The van der Waals surface area contributed by atoms with Gasteiger partial charge in [0.1, 0.15) is 11.5 Å². The summed E-state index contributed by atoms with van der Waals surface area (Å²) in [6, 6.07) is 3.45. The molecule has 1 N–H and O–H groups in total. The number of carbonyl (C=O) groups excluding carboxylic acids is 2. The smallest absolute Gasteiger partial charge is 0.409 e. The molecule has 0 aliphatic carbocycles. The Kier molecular flexibility index (Phi) is 4.29. The molecule has 28 heavy (non-hydrogen) atoms. The summed E-state index contributed by atoms with van der Waals surface area (Å²) in [4.78, 5) is 30.5. The van der Waals surface area contributed by atoms with Crippen LogP contribution in [0.5, 0.6) is 0 Å². The minimum Gasteiger partial charge on any atom is -0.466 e. The van der Waals surface area contributed by atoms with Gasteiger partial charge in [0.25, 0.3) is 11.6 Å². The first-order valence-electron chi connectivity index (χ1n) is 8.85. The summed E-state index contributed by atoms with van der Waals surface area (Å²) >= 11 is 0. The second kappa shape index (κ2) is 6.66. The van der Waals surface area contributed by atoms with E-state index in [2.05, 4.69) is 20.2 Å². The predicted octanol–water partition coefficient (Wildman–Crippen LogP) is 2.59. The number of pyridine rings is 1. The maximum Gasteiger partial charge on any atom is 0.409 e. The van der Waals surface area contributed by atoms with Crippen LogP contribution in [-0.2, 0) is 4.74 Å². The van der Waals surface area contributed by atoms with E-state index in [0.29, 0.717) is 46.9 Å². The molecule has 0 atom stereocenters. The summed E-state index contributed by atoms with van der Waals surface area (Å²) in [5.74, 6) is 1.19. The van der Waals surface area contributed by atoms with Crippen molar-refractivity contribution in [1.29, 1.82) is 0 Å². The van der Waals surface area contributed by atoms with Crippen molar-refractivity contribution >= 4 is 23.1 Å². The number of hydrogen-bond donors (Lipinski definition) is 1. The van der Waals surface area contributed by atoms with Crippen LogP contribution < -0.4 is 5.32 Å². The van der Waals surface area contributed by atoms with Crippen molar-refractivity contribution in [2.45, 2.75) is 26.8 Å². The number of aromatic nitrogens is 2. The lowest BCUT2D eigenvalue weighted by Crippen LogP contribution is -2.60. The number of nitrogens with one attached hydrogen (secondary N) is 1. The van der Waals surface area contributed by atoms with Crippen molar-refractivity contribution in [3.05, 3.63) is 34.9 Å². The van der Waals surface area contributed by atoms with Gasteiger partial charge < -0.3 is 23.9 Å². The molecule has 2 amide bonds. The number of nitrogens with zero attached hydrogens (tertiary/aromatic N) is 3. The van der Waals surface area contributed by atoms with Crippen LogP contribution in [0.2, 0.25) is 0 Å². The Morgan fingerprint density at radius 3 is 2.64 bits per heavy atom. The molecule has 0 saturated carbocycles. The molecule has 1 aliphatic rings. The zero-order valence-corrected chi connectivity index (χ0v) is 16.0. The zero-order valence-electron chi connectivity index (χ0n) is 16.0. The van der Waals surface area contributed by atoms with Crippen LogP contribution in [0.4, 0.5) is 4.79 Å². The number of rotatable bonds is 3. The fourth-order valence-corrected chi connectivity index (χ4v) is 3.41. The van der Waals surface area contributed by atoms with Crippen molar-refractivity contribution < 1.29 is 23.3 Å². The fourth-order valence-electron chi connectivity index (χ4n) is 3.41. The Morgan fingerprint density at radius 2 is 2.00 bits per heavy atom. The molecular weight excluding hydrogens is 364 g/mol. The highest BCUT2D eigenvalue weighted by atomic mass is 16.5. The summed E-state index contributed by atoms with van der Waals surface area (Å²) in [6.45, 7) is 6.27. The number of carbonyl (C=O) groups is 2. The fraction of sp³-hybridized carbons (Fsp3) is 0.368. The van der Waals surface area contributed by atoms with Crippen molar-refractivity contribution in [2.75, 3.05) is 20.2 Å². The number of hydrogen-bond acceptors (Lipinski definition) is 7. The third kappa shape index (κ3) is 2.98. The van der Waals surface area contributed by atoms with Gasteiger partial charge in [-0.05, 0) is 32.9 Å². The summed E-state index contributed by atoms with van der Waals surface area (Å²) in [7, 11) is 1.33. The molecule has 9 heteroatoms. The second-order valence-electron chi connectivity index (χ2n) is 6.88. The number of amides is 2. The number of likely N-dealkylation sites (tertiary alicyclic amines) is 1. The summed E-state index contributed by atoms with van der Waals surface area (Å²) in [5, 5.41) is 7.46. The molecule has 146 valence electrons. The van der Waals surface area contributed by atoms with Gasteiger partial charge in [-0.2, -0.15) is 0 Å². The molecule has 1 fully saturated rings. The molecule has 0 unspecified atom stereocenters. The van der Waals surface area contributed by atoms with Gasteiger partial charge in [-0.15, -0.1) is 0 Å². The molecule has 1 aliphatic heterocycles. The topological polar surface area (TPSA) is 111 Å². The number of aryl methyl sites for hydroxylation is 3. The van der Waals surface area contributed by atoms with Crippen LogP contribution in [0.3, 0.4) is 0 Å². The highest BCUT2D eigenvalue weighted by Crippen LogP contribution is 2.30. The molecule has 0 spiro atoms. The van der Waals surface area contributed by atoms with E-state index in [1.165, 1.54) is 12.0 Å². The number of fused-ring (bicyclic) bond motifs is 1. The lowest BCUT2D eigenvalue weighted by molar-refractivity contribution is 0.0698. The van der Waals surface area contributed by atoms with Gasteiger partial charge in [0.05, 0.1) is 35.5 Å². The average molecular weight is 384 g/mol. The van der Waals surface area contributed by atoms with E-state index in [0.717, 1.165) is 11.3 Å². The van der Waals surface area contributed by atoms with Gasteiger partial charge in [-0.3, -0.25) is 4.79 Å². The Balaban J connectivity index is 1.66. The number of ether oxygens (including phenoxy) is 1. The SMILES string of the molecule is COC(=O)N1CC(NC(=O)c2cc(-c3cc(C)oc3C)nc3onc(C)c23)C1. The molecule has 1 saturated heterocycles. The summed E-state index contributed by atoms with van der Waals surface area (Å²) in [5.41, 5.74) is 2.68. The molecule has 3 aromatic heterocycles. The van der Waals surface area contributed by atoms with Gasteiger partial charge in [-0.25, -0.2) is 9.78 Å². The quantitative estimate of drug-likeness (QED) is 0.739. The number of methoxy groups -OCH3 is 1.